The molecule has 6 rings (SSSR count). The van der Waals surface area contributed by atoms with Gasteiger partial charge < -0.3 is 10.2 Å². The lowest BCUT2D eigenvalue weighted by atomic mass is 9.99. The van der Waals surface area contributed by atoms with Crippen molar-refractivity contribution in [2.75, 3.05) is 9.44 Å². The van der Waals surface area contributed by atoms with Crippen molar-refractivity contribution in [3.05, 3.63) is 189 Å². The maximum absolute atomic E-state index is 13.1. The Morgan fingerprint density at radius 2 is 0.891 bits per heavy atom. The molecule has 4 N–H and O–H groups in total. The van der Waals surface area contributed by atoms with E-state index in [-0.39, 0.29) is 4.90 Å². The Hall–Kier alpha value is -6.24. The molecule has 0 aliphatic rings. The molecule has 0 bridgehead atoms. The van der Waals surface area contributed by atoms with E-state index in [0.717, 1.165) is 59.1 Å². The molecule has 64 heavy (non-hydrogen) atoms. The molecule has 0 heterocycles. The van der Waals surface area contributed by atoms with Gasteiger partial charge in [0.1, 0.15) is 0 Å². The summed E-state index contributed by atoms with van der Waals surface area (Å²) < 4.78 is 57.6. The number of hydrogen-bond acceptors (Lipinski definition) is 6. The third-order valence-corrected chi connectivity index (χ3v) is 14.1. The Kier molecular flexibility index (Phi) is 17.1. The molecule has 336 valence electrons. The Morgan fingerprint density at radius 1 is 0.500 bits per heavy atom. The molecule has 0 atom stereocenters. The molecule has 6 aromatic rings. The van der Waals surface area contributed by atoms with E-state index < -0.39 is 32.0 Å². The molecule has 0 radical (unpaired) electrons. The smallest absolute Gasteiger partial charge is 0.335 e. The fourth-order valence-electron chi connectivity index (χ4n) is 7.87. The minimum absolute atomic E-state index is 0.249. The number of hydrogen-bond donors (Lipinski definition) is 4. The molecule has 12 heteroatoms. The molecular formula is C52H58N2O8S2. The van der Waals surface area contributed by atoms with Crippen LogP contribution in [0.2, 0.25) is 0 Å². The van der Waals surface area contributed by atoms with Crippen LogP contribution >= 0.6 is 0 Å². The first kappa shape index (κ1) is 48.8. The lowest BCUT2D eigenvalue weighted by Gasteiger charge is -2.16. The Bertz CT molecular complexity index is 2760. The first-order chi connectivity index (χ1) is 30.5. The largest absolute Gasteiger partial charge is 0.478 e. The van der Waals surface area contributed by atoms with E-state index in [1.807, 2.05) is 85.8 Å². The van der Waals surface area contributed by atoms with Gasteiger partial charge in [0.2, 0.25) is 0 Å². The van der Waals surface area contributed by atoms with Crippen molar-refractivity contribution in [1.29, 1.82) is 0 Å². The lowest BCUT2D eigenvalue weighted by molar-refractivity contribution is 0.0684. The number of para-hydroxylation sites is 2. The fraction of sp³-hybridized carbons (Fsp3) is 0.269. The highest BCUT2D eigenvalue weighted by Gasteiger charge is 2.22. The maximum atomic E-state index is 13.1. The van der Waals surface area contributed by atoms with Gasteiger partial charge in [-0.1, -0.05) is 123 Å². The van der Waals surface area contributed by atoms with E-state index in [0.29, 0.717) is 70.1 Å². The van der Waals surface area contributed by atoms with Crippen LogP contribution in [0.1, 0.15) is 111 Å². The summed E-state index contributed by atoms with van der Waals surface area (Å²) in [5, 5.41) is 18.7. The van der Waals surface area contributed by atoms with Gasteiger partial charge in [-0.05, 0) is 147 Å². The third-order valence-electron chi connectivity index (χ3n) is 11.0. The number of carboxylic acids is 2. The topological polar surface area (TPSA) is 167 Å². The zero-order valence-corrected chi connectivity index (χ0v) is 38.7. The van der Waals surface area contributed by atoms with E-state index in [9.17, 15) is 36.6 Å². The van der Waals surface area contributed by atoms with Crippen LogP contribution < -0.4 is 9.44 Å². The molecule has 6 aromatic carbocycles. The van der Waals surface area contributed by atoms with Crippen molar-refractivity contribution in [3.63, 3.8) is 0 Å². The SMILES string of the molecule is CC(C)c1ccc(S(=O)(=O)Nc2ccccc2CCCCCc2ccccc2C(=O)O)cc1.Cc1cc(C)c(S(=O)(=O)Nc2ccccc2CCCc2ccccc2C(=O)O)c(C)c1. The van der Waals surface area contributed by atoms with Crippen LogP contribution in [0, 0.1) is 20.8 Å². The summed E-state index contributed by atoms with van der Waals surface area (Å²) in [6, 6.07) is 39.6. The summed E-state index contributed by atoms with van der Waals surface area (Å²) in [4.78, 5) is 23.3. The summed E-state index contributed by atoms with van der Waals surface area (Å²) in [6.45, 7) is 9.70. The van der Waals surface area contributed by atoms with Gasteiger partial charge in [0, 0.05) is 0 Å². The van der Waals surface area contributed by atoms with Crippen LogP contribution in [0.5, 0.6) is 0 Å². The second-order valence-electron chi connectivity index (χ2n) is 16.3. The zero-order chi connectivity index (χ0) is 46.4. The van der Waals surface area contributed by atoms with Gasteiger partial charge in [0.25, 0.3) is 20.0 Å². The van der Waals surface area contributed by atoms with E-state index in [2.05, 4.69) is 23.3 Å². The van der Waals surface area contributed by atoms with Crippen molar-refractivity contribution < 1.29 is 36.6 Å². The number of benzene rings is 6. The number of carboxylic acid groups (broad SMARTS) is 2. The molecular weight excluding hydrogens is 845 g/mol. The number of unbranched alkanes of at least 4 members (excludes halogenated alkanes) is 2. The zero-order valence-electron chi connectivity index (χ0n) is 37.1. The number of aryl methyl sites for hydroxylation is 7. The first-order valence-corrected chi connectivity index (χ1v) is 24.4. The van der Waals surface area contributed by atoms with Crippen LogP contribution in [0.15, 0.2) is 143 Å². The van der Waals surface area contributed by atoms with E-state index in [1.54, 1.807) is 68.4 Å². The molecule has 0 amide bonds. The quantitative estimate of drug-likeness (QED) is 0.0583. The van der Waals surface area contributed by atoms with E-state index in [1.165, 1.54) is 0 Å². The van der Waals surface area contributed by atoms with Gasteiger partial charge in [-0.25, -0.2) is 26.4 Å². The third kappa shape index (κ3) is 13.4. The second kappa shape index (κ2) is 22.4. The summed E-state index contributed by atoms with van der Waals surface area (Å²) in [5.41, 5.74) is 8.82. The number of nitrogens with one attached hydrogen (secondary N) is 2. The normalized spacial score (nSPS) is 11.4. The first-order valence-electron chi connectivity index (χ1n) is 21.5. The average molecular weight is 903 g/mol. The molecule has 0 fully saturated rings. The molecule has 0 saturated carbocycles. The second-order valence-corrected chi connectivity index (χ2v) is 19.6. The van der Waals surface area contributed by atoms with Gasteiger partial charge in [-0.2, -0.15) is 0 Å². The predicted octanol–water partition coefficient (Wildman–Crippen LogP) is 11.6. The Balaban J connectivity index is 0.000000241. The van der Waals surface area contributed by atoms with Gasteiger partial charge in [-0.15, -0.1) is 0 Å². The minimum atomic E-state index is -3.74. The van der Waals surface area contributed by atoms with Crippen molar-refractivity contribution >= 4 is 43.4 Å². The summed E-state index contributed by atoms with van der Waals surface area (Å²) >= 11 is 0. The minimum Gasteiger partial charge on any atom is -0.478 e. The molecule has 0 spiro atoms. The van der Waals surface area contributed by atoms with Crippen molar-refractivity contribution in [3.8, 4) is 0 Å². The van der Waals surface area contributed by atoms with Crippen LogP contribution in [0.25, 0.3) is 0 Å². The van der Waals surface area contributed by atoms with Gasteiger partial charge >= 0.3 is 11.9 Å². The van der Waals surface area contributed by atoms with E-state index in [4.69, 9.17) is 0 Å². The van der Waals surface area contributed by atoms with Gasteiger partial charge in [-0.3, -0.25) is 9.44 Å². The van der Waals surface area contributed by atoms with Crippen molar-refractivity contribution in [1.82, 2.24) is 0 Å². The van der Waals surface area contributed by atoms with Crippen LogP contribution in [-0.4, -0.2) is 39.0 Å². The molecule has 0 aliphatic carbocycles. The highest BCUT2D eigenvalue weighted by atomic mass is 32.2. The number of anilines is 2. The highest BCUT2D eigenvalue weighted by Crippen LogP contribution is 2.28. The molecule has 10 nitrogen and oxygen atoms in total. The molecule has 0 aromatic heterocycles. The molecule has 0 unspecified atom stereocenters. The predicted molar refractivity (Wildman–Crippen MR) is 256 cm³/mol. The standard InChI is InChI=1S/C27H31NO4S.C25H27NO4S/c1-20(2)21-16-18-24(19-17-21)33(31,32)28-26-15-9-7-13-23(26)12-5-3-4-10-22-11-6-8-14-25(22)27(29)30;1-17-15-18(2)24(19(3)16-17)31(29,30)26-23-14-7-5-10-21(23)12-8-11-20-9-4-6-13-22(20)25(27)28/h6-9,11,13-20,28H,3-5,10,12H2,1-2H3,(H,29,30);4-7,9-10,13-16,26H,8,11-12H2,1-3H3,(H,27,28). The van der Waals surface area contributed by atoms with Crippen LogP contribution in [-0.2, 0) is 45.7 Å². The van der Waals surface area contributed by atoms with E-state index >= 15 is 0 Å². The summed E-state index contributed by atoms with van der Waals surface area (Å²) in [6.07, 6.45) is 6.06. The van der Waals surface area contributed by atoms with Gasteiger partial charge in [0.15, 0.2) is 0 Å². The monoisotopic (exact) mass is 902 g/mol. The number of rotatable bonds is 19. The number of carbonyl (C=O) groups is 2. The molecule has 0 saturated heterocycles. The summed E-state index contributed by atoms with van der Waals surface area (Å²) in [7, 11) is -7.40. The number of sulfonamides is 2. The Morgan fingerprint density at radius 3 is 1.36 bits per heavy atom. The van der Waals surface area contributed by atoms with Crippen molar-refractivity contribution in [2.45, 2.75) is 102 Å². The van der Waals surface area contributed by atoms with Crippen LogP contribution in [0.4, 0.5) is 11.4 Å². The average Bonchev–Trinajstić information content (AvgIpc) is 3.24. The fourth-order valence-corrected chi connectivity index (χ4v) is 10.5. The summed E-state index contributed by atoms with van der Waals surface area (Å²) in [5.74, 6) is -1.49. The Labute approximate surface area is 378 Å². The van der Waals surface area contributed by atoms with Crippen molar-refractivity contribution in [2.24, 2.45) is 0 Å². The highest BCUT2D eigenvalue weighted by molar-refractivity contribution is 7.93. The maximum Gasteiger partial charge on any atom is 0.335 e. The van der Waals surface area contributed by atoms with Gasteiger partial charge in [0.05, 0.1) is 32.3 Å². The van der Waals surface area contributed by atoms with Crippen LogP contribution in [0.3, 0.4) is 0 Å². The number of aromatic carboxylic acids is 2. The lowest BCUT2D eigenvalue weighted by Crippen LogP contribution is -2.17. The molecule has 0 aliphatic heterocycles.